The number of hydrogen-bond acceptors (Lipinski definition) is 4. The molecule has 0 bridgehead atoms. The average Bonchev–Trinajstić information content (AvgIpc) is 2.78. The first-order valence-corrected chi connectivity index (χ1v) is 6.14. The summed E-state index contributed by atoms with van der Waals surface area (Å²) in [6.45, 7) is 3.22. The zero-order chi connectivity index (χ0) is 14.7. The van der Waals surface area contributed by atoms with Crippen LogP contribution in [0.3, 0.4) is 0 Å². The standard InChI is InChI=1S/C12H20F3NO3/c1-10(2,18-3)5-7-19-9(17)11(12(13,14)15)4-6-16-8-11/h16H,4-8H2,1-3H3. The number of rotatable bonds is 5. The SMILES string of the molecule is COC(C)(C)CCOC(=O)C1(C(F)(F)F)CCNC1. The summed E-state index contributed by atoms with van der Waals surface area (Å²) >= 11 is 0. The number of carbonyl (C=O) groups excluding carboxylic acids is 1. The van der Waals surface area contributed by atoms with Crippen molar-refractivity contribution < 1.29 is 27.4 Å². The molecule has 0 spiro atoms. The number of halogens is 3. The zero-order valence-electron chi connectivity index (χ0n) is 11.4. The van der Waals surface area contributed by atoms with Gasteiger partial charge in [-0.05, 0) is 26.8 Å². The Morgan fingerprint density at radius 3 is 2.42 bits per heavy atom. The molecule has 19 heavy (non-hydrogen) atoms. The van der Waals surface area contributed by atoms with Gasteiger partial charge in [0.25, 0.3) is 0 Å². The molecule has 1 aliphatic rings. The van der Waals surface area contributed by atoms with Crippen LogP contribution in [-0.2, 0) is 14.3 Å². The molecule has 1 rings (SSSR count). The Bertz CT molecular complexity index is 323. The number of hydrogen-bond donors (Lipinski definition) is 1. The van der Waals surface area contributed by atoms with Crippen LogP contribution in [0.25, 0.3) is 0 Å². The fraction of sp³-hybridized carbons (Fsp3) is 0.917. The molecule has 0 radical (unpaired) electrons. The Morgan fingerprint density at radius 2 is 2.00 bits per heavy atom. The highest BCUT2D eigenvalue weighted by Crippen LogP contribution is 2.44. The van der Waals surface area contributed by atoms with Gasteiger partial charge in [0.2, 0.25) is 0 Å². The Morgan fingerprint density at radius 1 is 1.37 bits per heavy atom. The second kappa shape index (κ2) is 5.66. The predicted molar refractivity (Wildman–Crippen MR) is 62.6 cm³/mol. The Hall–Kier alpha value is -0.820. The minimum atomic E-state index is -4.59. The number of esters is 1. The molecule has 1 heterocycles. The van der Waals surface area contributed by atoms with E-state index < -0.39 is 29.7 Å². The number of ether oxygens (including phenoxy) is 2. The van der Waals surface area contributed by atoms with E-state index in [4.69, 9.17) is 9.47 Å². The highest BCUT2D eigenvalue weighted by molar-refractivity contribution is 5.78. The van der Waals surface area contributed by atoms with Gasteiger partial charge in [-0.15, -0.1) is 0 Å². The minimum Gasteiger partial charge on any atom is -0.465 e. The van der Waals surface area contributed by atoms with Crippen LogP contribution < -0.4 is 5.32 Å². The van der Waals surface area contributed by atoms with Crippen molar-refractivity contribution in [3.8, 4) is 0 Å². The lowest BCUT2D eigenvalue weighted by molar-refractivity contribution is -0.229. The molecule has 0 saturated carbocycles. The molecule has 1 fully saturated rings. The fourth-order valence-corrected chi connectivity index (χ4v) is 1.85. The highest BCUT2D eigenvalue weighted by Gasteiger charge is 2.62. The van der Waals surface area contributed by atoms with Crippen LogP contribution in [-0.4, -0.2) is 44.6 Å². The summed E-state index contributed by atoms with van der Waals surface area (Å²) in [5.74, 6) is -1.20. The van der Waals surface area contributed by atoms with E-state index in [0.29, 0.717) is 6.42 Å². The number of nitrogens with one attached hydrogen (secondary N) is 1. The molecule has 1 unspecified atom stereocenters. The van der Waals surface area contributed by atoms with Crippen molar-refractivity contribution in [1.29, 1.82) is 0 Å². The molecule has 112 valence electrons. The Labute approximate surface area is 110 Å². The van der Waals surface area contributed by atoms with Crippen molar-refractivity contribution in [2.24, 2.45) is 5.41 Å². The van der Waals surface area contributed by atoms with Gasteiger partial charge >= 0.3 is 12.1 Å². The average molecular weight is 283 g/mol. The summed E-state index contributed by atoms with van der Waals surface area (Å²) in [5, 5.41) is 2.57. The first kappa shape index (κ1) is 16.2. The smallest absolute Gasteiger partial charge is 0.406 e. The van der Waals surface area contributed by atoms with E-state index in [0.717, 1.165) is 0 Å². The second-order valence-corrected chi connectivity index (χ2v) is 5.36. The van der Waals surface area contributed by atoms with Gasteiger partial charge in [-0.2, -0.15) is 13.2 Å². The van der Waals surface area contributed by atoms with Crippen LogP contribution in [0, 0.1) is 5.41 Å². The van der Waals surface area contributed by atoms with Gasteiger partial charge in [0.05, 0.1) is 12.2 Å². The molecule has 1 N–H and O–H groups in total. The first-order chi connectivity index (χ1) is 8.65. The van der Waals surface area contributed by atoms with E-state index in [9.17, 15) is 18.0 Å². The summed E-state index contributed by atoms with van der Waals surface area (Å²) in [6, 6.07) is 0. The fourth-order valence-electron chi connectivity index (χ4n) is 1.85. The molecule has 0 amide bonds. The number of carbonyl (C=O) groups is 1. The molecule has 1 saturated heterocycles. The summed E-state index contributed by atoms with van der Waals surface area (Å²) in [7, 11) is 1.50. The monoisotopic (exact) mass is 283 g/mol. The first-order valence-electron chi connectivity index (χ1n) is 6.14. The van der Waals surface area contributed by atoms with Gasteiger partial charge in [-0.25, -0.2) is 0 Å². The molecule has 1 atom stereocenters. The molecular weight excluding hydrogens is 263 g/mol. The van der Waals surface area contributed by atoms with Crippen LogP contribution in [0.1, 0.15) is 26.7 Å². The third-order valence-corrected chi connectivity index (χ3v) is 3.58. The third-order valence-electron chi connectivity index (χ3n) is 3.58. The molecule has 0 aliphatic carbocycles. The maximum atomic E-state index is 13.0. The molecular formula is C12H20F3NO3. The Kier molecular flexibility index (Phi) is 4.84. The van der Waals surface area contributed by atoms with Crippen LogP contribution in [0.4, 0.5) is 13.2 Å². The van der Waals surface area contributed by atoms with Crippen molar-refractivity contribution in [2.75, 3.05) is 26.8 Å². The maximum absolute atomic E-state index is 13.0. The summed E-state index contributed by atoms with van der Waals surface area (Å²) < 4.78 is 49.0. The largest absolute Gasteiger partial charge is 0.465 e. The van der Waals surface area contributed by atoms with E-state index in [1.807, 2.05) is 0 Å². The molecule has 0 aromatic heterocycles. The van der Waals surface area contributed by atoms with E-state index in [1.165, 1.54) is 7.11 Å². The van der Waals surface area contributed by atoms with Gasteiger partial charge in [0.1, 0.15) is 0 Å². The highest BCUT2D eigenvalue weighted by atomic mass is 19.4. The van der Waals surface area contributed by atoms with Crippen LogP contribution in [0.5, 0.6) is 0 Å². The van der Waals surface area contributed by atoms with Crippen LogP contribution >= 0.6 is 0 Å². The van der Waals surface area contributed by atoms with E-state index in [-0.39, 0.29) is 19.6 Å². The van der Waals surface area contributed by atoms with Crippen molar-refractivity contribution in [1.82, 2.24) is 5.32 Å². The van der Waals surface area contributed by atoms with Crippen molar-refractivity contribution in [2.45, 2.75) is 38.5 Å². The van der Waals surface area contributed by atoms with Crippen molar-refractivity contribution in [3.05, 3.63) is 0 Å². The van der Waals surface area contributed by atoms with Crippen molar-refractivity contribution in [3.63, 3.8) is 0 Å². The van der Waals surface area contributed by atoms with Gasteiger partial charge < -0.3 is 14.8 Å². The van der Waals surface area contributed by atoms with Crippen molar-refractivity contribution >= 4 is 5.97 Å². The molecule has 0 aromatic carbocycles. The molecule has 7 heteroatoms. The predicted octanol–water partition coefficient (Wildman–Crippen LogP) is 1.89. The Balaban J connectivity index is 2.61. The van der Waals surface area contributed by atoms with Gasteiger partial charge in [-0.3, -0.25) is 4.79 Å². The van der Waals surface area contributed by atoms with Gasteiger partial charge in [0.15, 0.2) is 5.41 Å². The topological polar surface area (TPSA) is 47.6 Å². The lowest BCUT2D eigenvalue weighted by Crippen LogP contribution is -2.48. The molecule has 1 aliphatic heterocycles. The number of alkyl halides is 3. The van der Waals surface area contributed by atoms with Gasteiger partial charge in [0, 0.05) is 20.1 Å². The van der Waals surface area contributed by atoms with E-state index >= 15 is 0 Å². The minimum absolute atomic E-state index is 0.0858. The van der Waals surface area contributed by atoms with E-state index in [2.05, 4.69) is 5.32 Å². The molecule has 0 aromatic rings. The zero-order valence-corrected chi connectivity index (χ0v) is 11.4. The lowest BCUT2D eigenvalue weighted by Gasteiger charge is -2.29. The van der Waals surface area contributed by atoms with E-state index in [1.54, 1.807) is 13.8 Å². The quantitative estimate of drug-likeness (QED) is 0.783. The van der Waals surface area contributed by atoms with Crippen LogP contribution in [0.2, 0.25) is 0 Å². The summed E-state index contributed by atoms with van der Waals surface area (Å²) in [6.07, 6.45) is -4.52. The second-order valence-electron chi connectivity index (χ2n) is 5.36. The third kappa shape index (κ3) is 3.60. The lowest BCUT2D eigenvalue weighted by atomic mass is 9.86. The number of methoxy groups -OCH3 is 1. The molecule has 4 nitrogen and oxygen atoms in total. The van der Waals surface area contributed by atoms with Crippen LogP contribution in [0.15, 0.2) is 0 Å². The normalized spacial score (nSPS) is 24.5. The maximum Gasteiger partial charge on any atom is 0.406 e. The summed E-state index contributed by atoms with van der Waals surface area (Å²) in [5.41, 5.74) is -2.93. The van der Waals surface area contributed by atoms with Gasteiger partial charge in [-0.1, -0.05) is 0 Å². The summed E-state index contributed by atoms with van der Waals surface area (Å²) in [4.78, 5) is 11.8.